The number of rotatable bonds is 6. The van der Waals surface area contributed by atoms with Crippen LogP contribution in [0, 0.1) is 17.0 Å². The average Bonchev–Trinajstić information content (AvgIpc) is 2.51. The zero-order chi connectivity index (χ0) is 17.7. The molecule has 7 heteroatoms. The van der Waals surface area contributed by atoms with Gasteiger partial charge in [0.25, 0.3) is 11.6 Å². The molecule has 2 rings (SSSR count). The van der Waals surface area contributed by atoms with E-state index in [9.17, 15) is 14.9 Å². The zero-order valence-electron chi connectivity index (χ0n) is 13.5. The maximum absolute atomic E-state index is 12.1. The molecule has 0 aromatic heterocycles. The highest BCUT2D eigenvalue weighted by atomic mass is 35.5. The standard InChI is InChI=1S/C17H18ClN3O3/c1-12-5-3-4-6-13(12)10-20(2)11-17(22)19-16-8-7-14(21(23)24)9-15(16)18/h3-9H,10-11H2,1-2H3,(H,19,22)/p+1. The van der Waals surface area contributed by atoms with Crippen LogP contribution in [0.15, 0.2) is 42.5 Å². The lowest BCUT2D eigenvalue weighted by Gasteiger charge is -2.15. The average molecular weight is 349 g/mol. The van der Waals surface area contributed by atoms with Crippen LogP contribution >= 0.6 is 11.6 Å². The summed E-state index contributed by atoms with van der Waals surface area (Å²) in [6.45, 7) is 3.04. The monoisotopic (exact) mass is 348 g/mol. The van der Waals surface area contributed by atoms with Gasteiger partial charge in [0, 0.05) is 17.7 Å². The third-order valence-corrected chi connectivity index (χ3v) is 3.97. The van der Waals surface area contributed by atoms with Crippen LogP contribution in [0.5, 0.6) is 0 Å². The SMILES string of the molecule is Cc1ccccc1C[NH+](C)CC(=O)Nc1ccc([N+](=O)[O-])cc1Cl. The number of likely N-dealkylation sites (N-methyl/N-ethyl adjacent to an activating group) is 1. The Labute approximate surface area is 145 Å². The summed E-state index contributed by atoms with van der Waals surface area (Å²) < 4.78 is 0. The van der Waals surface area contributed by atoms with Gasteiger partial charge in [-0.2, -0.15) is 0 Å². The number of nitrogens with one attached hydrogen (secondary N) is 2. The first-order chi connectivity index (χ1) is 11.4. The van der Waals surface area contributed by atoms with Gasteiger partial charge < -0.3 is 10.2 Å². The highest BCUT2D eigenvalue weighted by Gasteiger charge is 2.15. The molecule has 0 fully saturated rings. The summed E-state index contributed by atoms with van der Waals surface area (Å²) >= 11 is 5.98. The molecule has 2 aromatic carbocycles. The van der Waals surface area contributed by atoms with Gasteiger partial charge in [0.05, 0.1) is 22.7 Å². The number of quaternary nitrogens is 1. The van der Waals surface area contributed by atoms with E-state index in [-0.39, 0.29) is 23.2 Å². The molecule has 6 nitrogen and oxygen atoms in total. The molecule has 1 unspecified atom stereocenters. The lowest BCUT2D eigenvalue weighted by Crippen LogP contribution is -3.08. The van der Waals surface area contributed by atoms with Crippen LogP contribution in [-0.4, -0.2) is 24.4 Å². The van der Waals surface area contributed by atoms with E-state index in [1.54, 1.807) is 0 Å². The molecule has 0 aliphatic carbocycles. The Bertz CT molecular complexity index is 764. The number of carbonyl (C=O) groups is 1. The predicted molar refractivity (Wildman–Crippen MR) is 93.4 cm³/mol. The van der Waals surface area contributed by atoms with Gasteiger partial charge in [-0.15, -0.1) is 0 Å². The van der Waals surface area contributed by atoms with Gasteiger partial charge in [-0.1, -0.05) is 35.9 Å². The van der Waals surface area contributed by atoms with Gasteiger partial charge in [-0.05, 0) is 18.6 Å². The van der Waals surface area contributed by atoms with Crippen LogP contribution in [0.3, 0.4) is 0 Å². The van der Waals surface area contributed by atoms with E-state index in [1.165, 1.54) is 29.3 Å². The first-order valence-corrected chi connectivity index (χ1v) is 7.84. The third-order valence-electron chi connectivity index (χ3n) is 3.65. The smallest absolute Gasteiger partial charge is 0.279 e. The molecule has 0 aliphatic rings. The van der Waals surface area contributed by atoms with Crippen LogP contribution in [0.2, 0.25) is 5.02 Å². The summed E-state index contributed by atoms with van der Waals surface area (Å²) in [6.07, 6.45) is 0. The van der Waals surface area contributed by atoms with Crippen molar-refractivity contribution in [1.82, 2.24) is 0 Å². The van der Waals surface area contributed by atoms with Gasteiger partial charge in [0.1, 0.15) is 6.54 Å². The molecule has 0 spiro atoms. The Morgan fingerprint density at radius 3 is 2.62 bits per heavy atom. The van der Waals surface area contributed by atoms with Crippen molar-refractivity contribution in [2.75, 3.05) is 18.9 Å². The summed E-state index contributed by atoms with van der Waals surface area (Å²) in [5.41, 5.74) is 2.64. The molecule has 2 N–H and O–H groups in total. The number of aryl methyl sites for hydroxylation is 1. The Morgan fingerprint density at radius 2 is 2.00 bits per heavy atom. The third kappa shape index (κ3) is 4.78. The fourth-order valence-electron chi connectivity index (χ4n) is 2.38. The number of hydrogen-bond donors (Lipinski definition) is 2. The molecule has 126 valence electrons. The number of nitro benzene ring substituents is 1. The van der Waals surface area contributed by atoms with Crippen molar-refractivity contribution < 1.29 is 14.6 Å². The van der Waals surface area contributed by atoms with Gasteiger partial charge in [0.2, 0.25) is 0 Å². The Morgan fingerprint density at radius 1 is 1.29 bits per heavy atom. The van der Waals surface area contributed by atoms with E-state index in [0.717, 1.165) is 11.4 Å². The number of nitrogens with zero attached hydrogens (tertiary/aromatic N) is 1. The first kappa shape index (κ1) is 17.9. The quantitative estimate of drug-likeness (QED) is 0.620. The van der Waals surface area contributed by atoms with Crippen LogP contribution in [0.1, 0.15) is 11.1 Å². The minimum absolute atomic E-state index is 0.111. The van der Waals surface area contributed by atoms with Crippen molar-refractivity contribution in [2.24, 2.45) is 0 Å². The molecule has 0 saturated carbocycles. The summed E-state index contributed by atoms with van der Waals surface area (Å²) in [5.74, 6) is -0.197. The summed E-state index contributed by atoms with van der Waals surface area (Å²) in [4.78, 5) is 23.3. The van der Waals surface area contributed by atoms with Gasteiger partial charge in [0.15, 0.2) is 6.54 Å². The maximum Gasteiger partial charge on any atom is 0.279 e. The molecule has 0 heterocycles. The lowest BCUT2D eigenvalue weighted by molar-refractivity contribution is -0.885. The van der Waals surface area contributed by atoms with Crippen molar-refractivity contribution >= 4 is 28.9 Å². The summed E-state index contributed by atoms with van der Waals surface area (Å²) in [5, 5.41) is 13.5. The zero-order valence-corrected chi connectivity index (χ0v) is 14.3. The number of nitro groups is 1. The van der Waals surface area contributed by atoms with Crippen LogP contribution in [0.4, 0.5) is 11.4 Å². The number of hydrogen-bond acceptors (Lipinski definition) is 3. The Hall–Kier alpha value is -2.44. The van der Waals surface area contributed by atoms with E-state index in [0.29, 0.717) is 5.69 Å². The van der Waals surface area contributed by atoms with Gasteiger partial charge in [-0.3, -0.25) is 14.9 Å². The molecule has 0 radical (unpaired) electrons. The highest BCUT2D eigenvalue weighted by molar-refractivity contribution is 6.33. The van der Waals surface area contributed by atoms with Crippen molar-refractivity contribution in [3.63, 3.8) is 0 Å². The molecule has 1 atom stereocenters. The number of benzene rings is 2. The number of carbonyl (C=O) groups excluding carboxylic acids is 1. The fraction of sp³-hybridized carbons (Fsp3) is 0.235. The number of anilines is 1. The van der Waals surface area contributed by atoms with Crippen molar-refractivity contribution in [3.8, 4) is 0 Å². The van der Waals surface area contributed by atoms with Crippen molar-refractivity contribution in [2.45, 2.75) is 13.5 Å². The second kappa shape index (κ2) is 7.90. The molecular formula is C17H19ClN3O3+. The molecule has 1 amide bonds. The van der Waals surface area contributed by atoms with E-state index < -0.39 is 4.92 Å². The number of non-ortho nitro benzene ring substituents is 1. The summed E-state index contributed by atoms with van der Waals surface area (Å²) in [7, 11) is 1.93. The second-order valence-electron chi connectivity index (χ2n) is 5.71. The fourth-order valence-corrected chi connectivity index (χ4v) is 2.61. The second-order valence-corrected chi connectivity index (χ2v) is 6.11. The van der Waals surface area contributed by atoms with Crippen molar-refractivity contribution in [3.05, 3.63) is 68.7 Å². The van der Waals surface area contributed by atoms with Crippen molar-refractivity contribution in [1.29, 1.82) is 0 Å². The van der Waals surface area contributed by atoms with Gasteiger partial charge >= 0.3 is 0 Å². The van der Waals surface area contributed by atoms with Crippen LogP contribution in [0.25, 0.3) is 0 Å². The molecule has 0 saturated heterocycles. The lowest BCUT2D eigenvalue weighted by atomic mass is 10.1. The minimum atomic E-state index is -0.530. The van der Waals surface area contributed by atoms with Crippen LogP contribution in [-0.2, 0) is 11.3 Å². The van der Waals surface area contributed by atoms with E-state index in [4.69, 9.17) is 11.6 Å². The molecule has 0 aliphatic heterocycles. The number of halogens is 1. The Kier molecular flexibility index (Phi) is 5.89. The number of amides is 1. The molecule has 2 aromatic rings. The molecular weight excluding hydrogens is 330 g/mol. The van der Waals surface area contributed by atoms with Crippen LogP contribution < -0.4 is 10.2 Å². The normalized spacial score (nSPS) is 11.8. The topological polar surface area (TPSA) is 76.7 Å². The Balaban J connectivity index is 1.95. The highest BCUT2D eigenvalue weighted by Crippen LogP contribution is 2.26. The first-order valence-electron chi connectivity index (χ1n) is 7.46. The van der Waals surface area contributed by atoms with E-state index in [1.807, 2.05) is 38.2 Å². The van der Waals surface area contributed by atoms with Gasteiger partial charge in [-0.25, -0.2) is 0 Å². The van der Waals surface area contributed by atoms with E-state index >= 15 is 0 Å². The predicted octanol–water partition coefficient (Wildman–Crippen LogP) is 2.21. The molecule has 0 bridgehead atoms. The largest absolute Gasteiger partial charge is 0.326 e. The minimum Gasteiger partial charge on any atom is -0.326 e. The summed E-state index contributed by atoms with van der Waals surface area (Å²) in [6, 6.07) is 12.0. The maximum atomic E-state index is 12.1. The van der Waals surface area contributed by atoms with E-state index in [2.05, 4.69) is 5.32 Å². The molecule has 24 heavy (non-hydrogen) atoms.